The molecule has 1 N–H and O–H groups in total. The van der Waals surface area contributed by atoms with Crippen LogP contribution in [0.3, 0.4) is 0 Å². The van der Waals surface area contributed by atoms with Crippen LogP contribution in [0.15, 0.2) is 17.3 Å². The summed E-state index contributed by atoms with van der Waals surface area (Å²) in [5, 5.41) is 3.78. The highest BCUT2D eigenvalue weighted by atomic mass is 35.5. The molecule has 14 heavy (non-hydrogen) atoms. The van der Waals surface area contributed by atoms with Crippen molar-refractivity contribution in [1.29, 1.82) is 0 Å². The Morgan fingerprint density at radius 3 is 2.86 bits per heavy atom. The minimum atomic E-state index is -3.40. The third-order valence-corrected chi connectivity index (χ3v) is 3.28. The Kier molecular flexibility index (Phi) is 3.91. The quantitative estimate of drug-likeness (QED) is 0.593. The molecule has 0 unspecified atom stereocenters. The number of alkyl halides is 1. The molecule has 1 aromatic heterocycles. The molecule has 0 bridgehead atoms. The second-order valence-electron chi connectivity index (χ2n) is 2.79. The fraction of sp³-hybridized carbons (Fsp3) is 0.571. The molecule has 0 aromatic carbocycles. The molecule has 0 aliphatic rings. The van der Waals surface area contributed by atoms with Crippen molar-refractivity contribution < 1.29 is 8.42 Å². The summed E-state index contributed by atoms with van der Waals surface area (Å²) in [6.07, 6.45) is 3.37. The first-order chi connectivity index (χ1) is 6.56. The van der Waals surface area contributed by atoms with E-state index >= 15 is 0 Å². The van der Waals surface area contributed by atoms with Crippen molar-refractivity contribution >= 4 is 21.6 Å². The van der Waals surface area contributed by atoms with E-state index in [-0.39, 0.29) is 4.90 Å². The van der Waals surface area contributed by atoms with Crippen LogP contribution in [0, 0.1) is 0 Å². The number of sulfonamides is 1. The number of rotatable bonds is 5. The van der Waals surface area contributed by atoms with Gasteiger partial charge in [0.05, 0.1) is 6.20 Å². The van der Waals surface area contributed by atoms with Gasteiger partial charge >= 0.3 is 0 Å². The fourth-order valence-electron chi connectivity index (χ4n) is 0.894. The van der Waals surface area contributed by atoms with Gasteiger partial charge in [0.15, 0.2) is 0 Å². The first-order valence-corrected chi connectivity index (χ1v) is 6.12. The molecular weight excluding hydrogens is 226 g/mol. The van der Waals surface area contributed by atoms with E-state index in [2.05, 4.69) is 9.82 Å². The SMILES string of the molecule is Cn1cc(S(=O)(=O)NCCCCl)cn1. The van der Waals surface area contributed by atoms with Crippen molar-refractivity contribution in [1.82, 2.24) is 14.5 Å². The maximum atomic E-state index is 11.5. The highest BCUT2D eigenvalue weighted by Crippen LogP contribution is 2.05. The highest BCUT2D eigenvalue weighted by Gasteiger charge is 2.14. The summed E-state index contributed by atoms with van der Waals surface area (Å²) in [5.74, 6) is 0.440. The predicted octanol–water partition coefficient (Wildman–Crippen LogP) is 0.327. The molecule has 1 heterocycles. The maximum Gasteiger partial charge on any atom is 0.243 e. The molecule has 0 saturated carbocycles. The standard InChI is InChI=1S/C7H12ClN3O2S/c1-11-6-7(5-9-11)14(12,13)10-4-2-3-8/h5-6,10H,2-4H2,1H3. The molecule has 0 aliphatic heterocycles. The maximum absolute atomic E-state index is 11.5. The number of aromatic nitrogens is 2. The molecule has 0 fully saturated rings. The van der Waals surface area contributed by atoms with Crippen LogP contribution < -0.4 is 4.72 Å². The van der Waals surface area contributed by atoms with Crippen molar-refractivity contribution in [3.05, 3.63) is 12.4 Å². The molecule has 0 saturated heterocycles. The van der Waals surface area contributed by atoms with Gasteiger partial charge in [0, 0.05) is 25.7 Å². The van der Waals surface area contributed by atoms with Crippen molar-refractivity contribution in [2.24, 2.45) is 7.05 Å². The Labute approximate surface area is 88.1 Å². The molecule has 0 amide bonds. The van der Waals surface area contributed by atoms with Crippen LogP contribution in [0.2, 0.25) is 0 Å². The molecule has 80 valence electrons. The van der Waals surface area contributed by atoms with Gasteiger partial charge in [-0.15, -0.1) is 11.6 Å². The average Bonchev–Trinajstić information content (AvgIpc) is 2.53. The molecule has 0 aliphatic carbocycles. The fourth-order valence-corrected chi connectivity index (χ4v) is 2.08. The van der Waals surface area contributed by atoms with Crippen LogP contribution in [0.1, 0.15) is 6.42 Å². The number of nitrogens with one attached hydrogen (secondary N) is 1. The van der Waals surface area contributed by atoms with Crippen molar-refractivity contribution in [3.63, 3.8) is 0 Å². The molecule has 1 aromatic rings. The smallest absolute Gasteiger partial charge is 0.243 e. The summed E-state index contributed by atoms with van der Waals surface area (Å²) < 4.78 is 26.9. The normalized spacial score (nSPS) is 11.9. The lowest BCUT2D eigenvalue weighted by Crippen LogP contribution is -2.24. The summed E-state index contributed by atoms with van der Waals surface area (Å²) in [7, 11) is -1.74. The monoisotopic (exact) mass is 237 g/mol. The Morgan fingerprint density at radius 1 is 1.64 bits per heavy atom. The third-order valence-electron chi connectivity index (χ3n) is 1.59. The topological polar surface area (TPSA) is 64.0 Å². The van der Waals surface area contributed by atoms with Crippen LogP contribution in [0.5, 0.6) is 0 Å². The number of hydrogen-bond acceptors (Lipinski definition) is 3. The lowest BCUT2D eigenvalue weighted by Gasteiger charge is -2.01. The number of aryl methyl sites for hydroxylation is 1. The molecule has 0 spiro atoms. The van der Waals surface area contributed by atoms with E-state index in [9.17, 15) is 8.42 Å². The summed E-state index contributed by atoms with van der Waals surface area (Å²) in [4.78, 5) is 0.176. The summed E-state index contributed by atoms with van der Waals surface area (Å²) >= 11 is 5.43. The molecule has 1 rings (SSSR count). The number of nitrogens with zero attached hydrogens (tertiary/aromatic N) is 2. The molecule has 0 radical (unpaired) electrons. The van der Waals surface area contributed by atoms with Gasteiger partial charge < -0.3 is 0 Å². The largest absolute Gasteiger partial charge is 0.274 e. The third kappa shape index (κ3) is 2.97. The Balaban J connectivity index is 2.66. The summed E-state index contributed by atoms with van der Waals surface area (Å²) in [6.45, 7) is 0.348. The van der Waals surface area contributed by atoms with E-state index in [1.165, 1.54) is 17.1 Å². The lowest BCUT2D eigenvalue weighted by molar-refractivity contribution is 0.581. The second-order valence-corrected chi connectivity index (χ2v) is 4.93. The van der Waals surface area contributed by atoms with E-state index in [1.54, 1.807) is 7.05 Å². The van der Waals surface area contributed by atoms with Crippen LogP contribution in [0.4, 0.5) is 0 Å². The summed E-state index contributed by atoms with van der Waals surface area (Å²) in [6, 6.07) is 0. The van der Waals surface area contributed by atoms with Gasteiger partial charge in [0.2, 0.25) is 10.0 Å². The van der Waals surface area contributed by atoms with Crippen LogP contribution in [-0.2, 0) is 17.1 Å². The van der Waals surface area contributed by atoms with E-state index < -0.39 is 10.0 Å². The molecular formula is C7H12ClN3O2S. The Morgan fingerprint density at radius 2 is 2.36 bits per heavy atom. The second kappa shape index (κ2) is 4.77. The van der Waals surface area contributed by atoms with Crippen molar-refractivity contribution in [2.45, 2.75) is 11.3 Å². The number of hydrogen-bond donors (Lipinski definition) is 1. The minimum absolute atomic E-state index is 0.176. The van der Waals surface area contributed by atoms with Crippen molar-refractivity contribution in [2.75, 3.05) is 12.4 Å². The summed E-state index contributed by atoms with van der Waals surface area (Å²) in [5.41, 5.74) is 0. The Hall–Kier alpha value is -0.590. The molecule has 0 atom stereocenters. The first-order valence-electron chi connectivity index (χ1n) is 4.10. The number of halogens is 1. The van der Waals surface area contributed by atoms with Gasteiger partial charge in [-0.05, 0) is 6.42 Å². The lowest BCUT2D eigenvalue weighted by atomic mass is 10.5. The predicted molar refractivity (Wildman–Crippen MR) is 53.7 cm³/mol. The van der Waals surface area contributed by atoms with Crippen LogP contribution >= 0.6 is 11.6 Å². The van der Waals surface area contributed by atoms with Gasteiger partial charge in [-0.2, -0.15) is 5.10 Å². The van der Waals surface area contributed by atoms with Gasteiger partial charge in [-0.3, -0.25) is 4.68 Å². The van der Waals surface area contributed by atoms with Gasteiger partial charge in [-0.1, -0.05) is 0 Å². The van der Waals surface area contributed by atoms with E-state index in [0.29, 0.717) is 18.8 Å². The highest BCUT2D eigenvalue weighted by molar-refractivity contribution is 7.89. The first kappa shape index (κ1) is 11.5. The van der Waals surface area contributed by atoms with Crippen LogP contribution in [-0.4, -0.2) is 30.6 Å². The zero-order chi connectivity index (χ0) is 10.6. The van der Waals surface area contributed by atoms with Crippen molar-refractivity contribution in [3.8, 4) is 0 Å². The Bertz CT molecular complexity index is 387. The van der Waals surface area contributed by atoms with Gasteiger partial charge in [-0.25, -0.2) is 13.1 Å². The van der Waals surface area contributed by atoms with E-state index in [1.807, 2.05) is 0 Å². The minimum Gasteiger partial charge on any atom is -0.274 e. The van der Waals surface area contributed by atoms with E-state index in [4.69, 9.17) is 11.6 Å². The average molecular weight is 238 g/mol. The van der Waals surface area contributed by atoms with E-state index in [0.717, 1.165) is 0 Å². The molecule has 5 nitrogen and oxygen atoms in total. The van der Waals surface area contributed by atoms with Gasteiger partial charge in [0.1, 0.15) is 4.90 Å². The van der Waals surface area contributed by atoms with Crippen LogP contribution in [0.25, 0.3) is 0 Å². The van der Waals surface area contributed by atoms with Gasteiger partial charge in [0.25, 0.3) is 0 Å². The zero-order valence-electron chi connectivity index (χ0n) is 7.77. The zero-order valence-corrected chi connectivity index (χ0v) is 9.35. The molecule has 7 heteroatoms.